The number of halogens is 6. The van der Waals surface area contributed by atoms with Crippen LogP contribution in [0.4, 0.5) is 22.0 Å². The molecule has 1 heterocycles. The molecule has 3 rings (SSSR count). The third kappa shape index (κ3) is 6.34. The number of alkyl halides is 4. The van der Waals surface area contributed by atoms with Gasteiger partial charge in [0, 0.05) is 18.7 Å². The third-order valence-electron chi connectivity index (χ3n) is 5.56. The topological polar surface area (TPSA) is 29.5 Å². The molecule has 1 amide bonds. The lowest BCUT2D eigenvalue weighted by molar-refractivity contribution is -0.137. The van der Waals surface area contributed by atoms with Crippen molar-refractivity contribution in [1.82, 2.24) is 4.90 Å². The SMILES string of the molecule is O=C(c1ccc(F)c(Cl)c1)N1CCC(F)(CCCCOc2cccc(C(F)(F)F)c2)CC1. The molecule has 0 unspecified atom stereocenters. The number of nitrogens with zero attached hydrogens (tertiary/aromatic N) is 1. The van der Waals surface area contributed by atoms with Gasteiger partial charge >= 0.3 is 6.18 Å². The summed E-state index contributed by atoms with van der Waals surface area (Å²) in [4.78, 5) is 14.1. The van der Waals surface area contributed by atoms with E-state index in [4.69, 9.17) is 16.3 Å². The Hall–Kier alpha value is -2.35. The highest BCUT2D eigenvalue weighted by atomic mass is 35.5. The van der Waals surface area contributed by atoms with Crippen LogP contribution in [0.25, 0.3) is 0 Å². The van der Waals surface area contributed by atoms with Crippen molar-refractivity contribution in [3.63, 3.8) is 0 Å². The first kappa shape index (κ1) is 24.3. The van der Waals surface area contributed by atoms with Gasteiger partial charge in [-0.3, -0.25) is 4.79 Å². The molecule has 0 aliphatic carbocycles. The fourth-order valence-electron chi connectivity index (χ4n) is 3.67. The first-order chi connectivity index (χ1) is 15.1. The fourth-order valence-corrected chi connectivity index (χ4v) is 3.85. The van der Waals surface area contributed by atoms with Crippen molar-refractivity contribution >= 4 is 17.5 Å². The molecule has 3 nitrogen and oxygen atoms in total. The molecule has 0 aromatic heterocycles. The third-order valence-corrected chi connectivity index (χ3v) is 5.85. The molecule has 1 fully saturated rings. The van der Waals surface area contributed by atoms with Gasteiger partial charge in [0.15, 0.2) is 0 Å². The Morgan fingerprint density at radius 3 is 2.47 bits per heavy atom. The Morgan fingerprint density at radius 1 is 1.09 bits per heavy atom. The second-order valence-corrected chi connectivity index (χ2v) is 8.31. The molecular formula is C23H23ClF5NO2. The molecule has 9 heteroatoms. The summed E-state index contributed by atoms with van der Waals surface area (Å²) in [5.74, 6) is -0.799. The standard InChI is InChI=1S/C23H23ClF5NO2/c24-19-14-16(6-7-20(19)25)21(31)30-11-9-22(26,10-12-30)8-1-2-13-32-18-5-3-4-17(15-18)23(27,28)29/h3-7,14-15H,1-2,8-13H2. The maximum atomic E-state index is 15.1. The van der Waals surface area contributed by atoms with Gasteiger partial charge in [-0.25, -0.2) is 8.78 Å². The van der Waals surface area contributed by atoms with Crippen LogP contribution in [0.5, 0.6) is 5.75 Å². The Balaban J connectivity index is 1.40. The van der Waals surface area contributed by atoms with Crippen molar-refractivity contribution < 1.29 is 31.5 Å². The molecule has 1 aliphatic rings. The fraction of sp³-hybridized carbons (Fsp3) is 0.435. The highest BCUT2D eigenvalue weighted by Gasteiger charge is 2.35. The Labute approximate surface area is 188 Å². The smallest absolute Gasteiger partial charge is 0.416 e. The second-order valence-electron chi connectivity index (χ2n) is 7.90. The van der Waals surface area contributed by atoms with E-state index < -0.39 is 23.2 Å². The molecule has 1 saturated heterocycles. The predicted molar refractivity (Wildman–Crippen MR) is 111 cm³/mol. The Morgan fingerprint density at radius 2 is 1.81 bits per heavy atom. The number of benzene rings is 2. The highest BCUT2D eigenvalue weighted by Crippen LogP contribution is 2.33. The highest BCUT2D eigenvalue weighted by molar-refractivity contribution is 6.31. The molecule has 2 aromatic carbocycles. The minimum atomic E-state index is -4.43. The summed E-state index contributed by atoms with van der Waals surface area (Å²) < 4.78 is 71.9. The number of rotatable bonds is 7. The molecule has 0 saturated carbocycles. The summed E-state index contributed by atoms with van der Waals surface area (Å²) >= 11 is 5.73. The molecule has 32 heavy (non-hydrogen) atoms. The average Bonchev–Trinajstić information content (AvgIpc) is 2.75. The Kier molecular flexibility index (Phi) is 7.64. The number of carbonyl (C=O) groups is 1. The predicted octanol–water partition coefficient (Wildman–Crippen LogP) is 6.69. The molecule has 0 N–H and O–H groups in total. The van der Waals surface area contributed by atoms with E-state index in [1.807, 2.05) is 0 Å². The van der Waals surface area contributed by atoms with Gasteiger partial charge < -0.3 is 9.64 Å². The van der Waals surface area contributed by atoms with Crippen molar-refractivity contribution in [3.8, 4) is 5.75 Å². The first-order valence-electron chi connectivity index (χ1n) is 10.3. The van der Waals surface area contributed by atoms with E-state index in [1.54, 1.807) is 0 Å². The largest absolute Gasteiger partial charge is 0.494 e. The monoisotopic (exact) mass is 475 g/mol. The molecule has 2 aromatic rings. The lowest BCUT2D eigenvalue weighted by Crippen LogP contribution is -2.44. The average molecular weight is 476 g/mol. The molecule has 174 valence electrons. The van der Waals surface area contributed by atoms with E-state index in [0.29, 0.717) is 12.8 Å². The number of piperidine rings is 1. The zero-order valence-corrected chi connectivity index (χ0v) is 18.0. The van der Waals surface area contributed by atoms with Gasteiger partial charge in [0.05, 0.1) is 17.2 Å². The zero-order chi connectivity index (χ0) is 23.4. The quantitative estimate of drug-likeness (QED) is 0.330. The van der Waals surface area contributed by atoms with E-state index in [-0.39, 0.29) is 61.2 Å². The minimum Gasteiger partial charge on any atom is -0.494 e. The second kappa shape index (κ2) is 10.1. The van der Waals surface area contributed by atoms with Crippen LogP contribution in [0.2, 0.25) is 5.02 Å². The number of hydrogen-bond acceptors (Lipinski definition) is 2. The maximum Gasteiger partial charge on any atom is 0.416 e. The number of carbonyl (C=O) groups excluding carboxylic acids is 1. The maximum absolute atomic E-state index is 15.1. The molecule has 0 atom stereocenters. The summed E-state index contributed by atoms with van der Waals surface area (Å²) in [6.45, 7) is 0.670. The molecule has 0 spiro atoms. The molecular weight excluding hydrogens is 453 g/mol. The van der Waals surface area contributed by atoms with Crippen molar-refractivity contribution in [1.29, 1.82) is 0 Å². The number of ether oxygens (including phenoxy) is 1. The normalized spacial score (nSPS) is 16.1. The number of amides is 1. The van der Waals surface area contributed by atoms with Gasteiger partial charge in [0.2, 0.25) is 0 Å². The zero-order valence-electron chi connectivity index (χ0n) is 17.2. The van der Waals surface area contributed by atoms with Crippen LogP contribution in [0.3, 0.4) is 0 Å². The van der Waals surface area contributed by atoms with Gasteiger partial charge in [0.1, 0.15) is 17.2 Å². The lowest BCUT2D eigenvalue weighted by Gasteiger charge is -2.36. The molecule has 1 aliphatic heterocycles. The van der Waals surface area contributed by atoms with Gasteiger partial charge in [-0.15, -0.1) is 0 Å². The summed E-state index contributed by atoms with van der Waals surface area (Å²) in [6, 6.07) is 8.39. The first-order valence-corrected chi connectivity index (χ1v) is 10.7. The van der Waals surface area contributed by atoms with Crippen LogP contribution in [0.1, 0.15) is 48.0 Å². The summed E-state index contributed by atoms with van der Waals surface area (Å²) in [6.07, 6.45) is -2.78. The van der Waals surface area contributed by atoms with Gasteiger partial charge in [-0.2, -0.15) is 13.2 Å². The molecule has 0 radical (unpaired) electrons. The number of unbranched alkanes of at least 4 members (excludes halogenated alkanes) is 1. The van der Waals surface area contributed by atoms with Crippen LogP contribution >= 0.6 is 11.6 Å². The van der Waals surface area contributed by atoms with Crippen LogP contribution in [-0.4, -0.2) is 36.2 Å². The van der Waals surface area contributed by atoms with Gasteiger partial charge in [0.25, 0.3) is 5.91 Å². The number of likely N-dealkylation sites (tertiary alicyclic amines) is 1. The van der Waals surface area contributed by atoms with Crippen molar-refractivity contribution in [2.45, 2.75) is 43.9 Å². The van der Waals surface area contributed by atoms with E-state index in [1.165, 1.54) is 29.2 Å². The van der Waals surface area contributed by atoms with E-state index >= 15 is 4.39 Å². The number of hydrogen-bond donors (Lipinski definition) is 0. The minimum absolute atomic E-state index is 0.127. The van der Waals surface area contributed by atoms with Gasteiger partial charge in [-0.1, -0.05) is 17.7 Å². The van der Waals surface area contributed by atoms with Crippen LogP contribution in [-0.2, 0) is 6.18 Å². The lowest BCUT2D eigenvalue weighted by atomic mass is 9.88. The van der Waals surface area contributed by atoms with Gasteiger partial charge in [-0.05, 0) is 68.5 Å². The van der Waals surface area contributed by atoms with Crippen LogP contribution < -0.4 is 4.74 Å². The van der Waals surface area contributed by atoms with E-state index in [0.717, 1.165) is 18.2 Å². The Bertz CT molecular complexity index is 942. The molecule has 0 bridgehead atoms. The summed E-state index contributed by atoms with van der Waals surface area (Å²) in [5, 5.41) is -0.139. The van der Waals surface area contributed by atoms with Crippen molar-refractivity contribution in [2.24, 2.45) is 0 Å². The van der Waals surface area contributed by atoms with E-state index in [9.17, 15) is 22.4 Å². The van der Waals surface area contributed by atoms with Crippen LogP contribution in [0.15, 0.2) is 42.5 Å². The van der Waals surface area contributed by atoms with Crippen LogP contribution in [0, 0.1) is 5.82 Å². The summed E-state index contributed by atoms with van der Waals surface area (Å²) in [7, 11) is 0. The summed E-state index contributed by atoms with van der Waals surface area (Å²) in [5.41, 5.74) is -1.93. The van der Waals surface area contributed by atoms with E-state index in [2.05, 4.69) is 0 Å². The van der Waals surface area contributed by atoms with Crippen molar-refractivity contribution in [2.75, 3.05) is 19.7 Å². The van der Waals surface area contributed by atoms with Crippen molar-refractivity contribution in [3.05, 3.63) is 64.4 Å².